The van der Waals surface area contributed by atoms with Gasteiger partial charge in [0.1, 0.15) is 12.6 Å². The van der Waals surface area contributed by atoms with Crippen LogP contribution >= 0.6 is 27.7 Å². The number of fused-ring (bicyclic) bond motifs is 1. The normalized spacial score (nSPS) is 14.3. The fraction of sp³-hybridized carbons (Fsp3) is 0.258. The monoisotopic (exact) mass is 633 g/mol. The van der Waals surface area contributed by atoms with E-state index in [1.54, 1.807) is 16.4 Å². The Morgan fingerprint density at radius 3 is 2.61 bits per heavy atom. The number of carbonyl (C=O) groups is 1. The van der Waals surface area contributed by atoms with Gasteiger partial charge in [0.2, 0.25) is 11.1 Å². The number of halogens is 1. The minimum Gasteiger partial charge on any atom is -0.490 e. The molecule has 8 nitrogen and oxygen atoms in total. The zero-order valence-electron chi connectivity index (χ0n) is 23.4. The summed E-state index contributed by atoms with van der Waals surface area (Å²) in [6.07, 6.45) is 0. The highest BCUT2D eigenvalue weighted by Crippen LogP contribution is 2.43. The van der Waals surface area contributed by atoms with Gasteiger partial charge in [-0.3, -0.25) is 4.79 Å². The standard InChI is InChI=1S/C31H32BrN5O3S/c1-5-39-25-17-22(16-24(32)28(25)40-18-21-12-8-7-9-13-21)27-26(29(38)34-23-14-10-11-19(3)15-23)20(4)33-30-35-31(41-6-2)36-37(27)30/h7-17,27H,5-6,18H2,1-4H3,(H,34,38)(H,33,35,36). The summed E-state index contributed by atoms with van der Waals surface area (Å²) in [5.41, 5.74) is 4.87. The van der Waals surface area contributed by atoms with Crippen LogP contribution in [0.4, 0.5) is 11.6 Å². The van der Waals surface area contributed by atoms with Gasteiger partial charge in [-0.2, -0.15) is 4.98 Å². The van der Waals surface area contributed by atoms with E-state index in [4.69, 9.17) is 14.6 Å². The molecule has 0 spiro atoms. The molecule has 212 valence electrons. The SMILES string of the molecule is CCOc1cc(C2C(C(=O)Nc3cccc(C)c3)=C(C)Nc3nc(SCC)nn32)cc(Br)c1OCc1ccccc1. The summed E-state index contributed by atoms with van der Waals surface area (Å²) in [4.78, 5) is 18.6. The van der Waals surface area contributed by atoms with Crippen molar-refractivity contribution in [2.24, 2.45) is 0 Å². The highest BCUT2D eigenvalue weighted by molar-refractivity contribution is 9.10. The number of benzene rings is 3. The zero-order chi connectivity index (χ0) is 28.9. The van der Waals surface area contributed by atoms with Crippen LogP contribution in [-0.4, -0.2) is 33.0 Å². The Bertz CT molecular complexity index is 1590. The van der Waals surface area contributed by atoms with Gasteiger partial charge < -0.3 is 20.1 Å². The lowest BCUT2D eigenvalue weighted by molar-refractivity contribution is -0.113. The quantitative estimate of drug-likeness (QED) is 0.176. The van der Waals surface area contributed by atoms with Crippen molar-refractivity contribution in [3.63, 3.8) is 0 Å². The van der Waals surface area contributed by atoms with Crippen LogP contribution in [0.5, 0.6) is 11.5 Å². The molecule has 1 atom stereocenters. The van der Waals surface area contributed by atoms with Crippen molar-refractivity contribution in [2.75, 3.05) is 23.0 Å². The van der Waals surface area contributed by atoms with Gasteiger partial charge in [-0.1, -0.05) is 61.2 Å². The maximum atomic E-state index is 13.9. The van der Waals surface area contributed by atoms with Gasteiger partial charge in [-0.15, -0.1) is 5.10 Å². The van der Waals surface area contributed by atoms with E-state index in [1.165, 1.54) is 0 Å². The second-order valence-corrected chi connectivity index (χ2v) is 11.6. The average molecular weight is 635 g/mol. The van der Waals surface area contributed by atoms with Crippen molar-refractivity contribution >= 4 is 45.2 Å². The molecule has 3 aromatic carbocycles. The number of anilines is 2. The van der Waals surface area contributed by atoms with Crippen LogP contribution in [0.15, 0.2) is 87.6 Å². The van der Waals surface area contributed by atoms with E-state index in [1.807, 2.05) is 87.5 Å². The number of nitrogens with zero attached hydrogens (tertiary/aromatic N) is 3. The van der Waals surface area contributed by atoms with Crippen molar-refractivity contribution < 1.29 is 14.3 Å². The number of thioether (sulfide) groups is 1. The molecule has 1 unspecified atom stereocenters. The van der Waals surface area contributed by atoms with Gasteiger partial charge in [0.05, 0.1) is 16.7 Å². The Morgan fingerprint density at radius 2 is 1.88 bits per heavy atom. The Morgan fingerprint density at radius 1 is 1.07 bits per heavy atom. The molecule has 2 heterocycles. The summed E-state index contributed by atoms with van der Waals surface area (Å²) >= 11 is 5.27. The van der Waals surface area contributed by atoms with Crippen LogP contribution in [0.3, 0.4) is 0 Å². The first kappa shape index (κ1) is 28.8. The van der Waals surface area contributed by atoms with Crippen LogP contribution in [0, 0.1) is 6.92 Å². The number of hydrogen-bond acceptors (Lipinski definition) is 7. The second-order valence-electron chi connectivity index (χ2n) is 9.52. The number of aromatic nitrogens is 3. The van der Waals surface area contributed by atoms with E-state index < -0.39 is 6.04 Å². The fourth-order valence-corrected chi connectivity index (χ4v) is 5.85. The summed E-state index contributed by atoms with van der Waals surface area (Å²) in [5.74, 6) is 2.35. The summed E-state index contributed by atoms with van der Waals surface area (Å²) in [5, 5.41) is 11.8. The first-order valence-electron chi connectivity index (χ1n) is 13.5. The van der Waals surface area contributed by atoms with E-state index >= 15 is 0 Å². The lowest BCUT2D eigenvalue weighted by Crippen LogP contribution is -2.31. The minimum atomic E-state index is -0.562. The number of allylic oxidation sites excluding steroid dienone is 1. The number of aryl methyl sites for hydroxylation is 1. The van der Waals surface area contributed by atoms with Crippen LogP contribution in [0.1, 0.15) is 43.5 Å². The number of amides is 1. The Balaban J connectivity index is 1.57. The summed E-state index contributed by atoms with van der Waals surface area (Å²) in [6, 6.07) is 21.0. The van der Waals surface area contributed by atoms with Gasteiger partial charge in [-0.25, -0.2) is 4.68 Å². The van der Waals surface area contributed by atoms with Crippen molar-refractivity contribution in [1.29, 1.82) is 0 Å². The average Bonchev–Trinajstić information content (AvgIpc) is 3.34. The molecule has 41 heavy (non-hydrogen) atoms. The number of nitrogens with one attached hydrogen (secondary N) is 2. The number of rotatable bonds is 10. The van der Waals surface area contributed by atoms with Gasteiger partial charge in [0.25, 0.3) is 5.91 Å². The van der Waals surface area contributed by atoms with E-state index in [0.29, 0.717) is 51.6 Å². The van der Waals surface area contributed by atoms with Gasteiger partial charge >= 0.3 is 0 Å². The highest BCUT2D eigenvalue weighted by atomic mass is 79.9. The molecule has 4 aromatic rings. The van der Waals surface area contributed by atoms with Gasteiger partial charge in [0, 0.05) is 11.4 Å². The van der Waals surface area contributed by atoms with E-state index in [-0.39, 0.29) is 5.91 Å². The molecule has 0 fully saturated rings. The predicted molar refractivity (Wildman–Crippen MR) is 167 cm³/mol. The van der Waals surface area contributed by atoms with Crippen molar-refractivity contribution in [1.82, 2.24) is 14.8 Å². The molecule has 0 saturated heterocycles. The molecule has 0 bridgehead atoms. The molecule has 0 saturated carbocycles. The molecular weight excluding hydrogens is 602 g/mol. The number of carbonyl (C=O) groups excluding carboxylic acids is 1. The zero-order valence-corrected chi connectivity index (χ0v) is 25.8. The first-order chi connectivity index (χ1) is 19.9. The maximum absolute atomic E-state index is 13.9. The third-order valence-electron chi connectivity index (χ3n) is 6.50. The molecule has 1 aromatic heterocycles. The molecular formula is C31H32BrN5O3S. The Hall–Kier alpha value is -3.76. The van der Waals surface area contributed by atoms with Crippen LogP contribution in [0.2, 0.25) is 0 Å². The first-order valence-corrected chi connectivity index (χ1v) is 15.2. The van der Waals surface area contributed by atoms with Crippen LogP contribution in [0.25, 0.3) is 0 Å². The minimum absolute atomic E-state index is 0.227. The number of ether oxygens (including phenoxy) is 2. The number of hydrogen-bond donors (Lipinski definition) is 2. The maximum Gasteiger partial charge on any atom is 0.255 e. The van der Waals surface area contributed by atoms with E-state index in [2.05, 4.69) is 38.5 Å². The molecule has 2 N–H and O–H groups in total. The highest BCUT2D eigenvalue weighted by Gasteiger charge is 2.35. The van der Waals surface area contributed by atoms with E-state index in [9.17, 15) is 4.79 Å². The molecule has 0 aliphatic carbocycles. The predicted octanol–water partition coefficient (Wildman–Crippen LogP) is 7.37. The summed E-state index contributed by atoms with van der Waals surface area (Å²) in [6.45, 7) is 8.71. The third kappa shape index (κ3) is 6.44. The molecule has 0 radical (unpaired) electrons. The third-order valence-corrected chi connectivity index (χ3v) is 7.81. The molecule has 1 amide bonds. The van der Waals surface area contributed by atoms with Crippen molar-refractivity contribution in [3.05, 3.63) is 99.2 Å². The van der Waals surface area contributed by atoms with Crippen molar-refractivity contribution in [2.45, 2.75) is 45.5 Å². The topological polar surface area (TPSA) is 90.3 Å². The Kier molecular flexibility index (Phi) is 8.99. The molecule has 1 aliphatic heterocycles. The largest absolute Gasteiger partial charge is 0.490 e. The Labute approximate surface area is 252 Å². The smallest absolute Gasteiger partial charge is 0.255 e. The second kappa shape index (κ2) is 12.8. The lowest BCUT2D eigenvalue weighted by atomic mass is 9.94. The van der Waals surface area contributed by atoms with Crippen LogP contribution in [-0.2, 0) is 11.4 Å². The summed E-state index contributed by atoms with van der Waals surface area (Å²) in [7, 11) is 0. The van der Waals surface area contributed by atoms with Crippen LogP contribution < -0.4 is 20.1 Å². The lowest BCUT2D eigenvalue weighted by Gasteiger charge is -2.29. The molecule has 1 aliphatic rings. The molecule has 5 rings (SSSR count). The van der Waals surface area contributed by atoms with Gasteiger partial charge in [0.15, 0.2) is 11.5 Å². The van der Waals surface area contributed by atoms with E-state index in [0.717, 1.165) is 28.1 Å². The molecule has 10 heteroatoms. The van der Waals surface area contributed by atoms with Gasteiger partial charge in [-0.05, 0) is 83.4 Å². The fourth-order valence-electron chi connectivity index (χ4n) is 4.72. The van der Waals surface area contributed by atoms with Crippen molar-refractivity contribution in [3.8, 4) is 11.5 Å². The summed E-state index contributed by atoms with van der Waals surface area (Å²) < 4.78 is 14.8.